The lowest BCUT2D eigenvalue weighted by atomic mass is 9.83. The number of amides is 2. The van der Waals surface area contributed by atoms with Crippen LogP contribution in [0, 0.1) is 17.2 Å². The van der Waals surface area contributed by atoms with Crippen LogP contribution in [0.15, 0.2) is 60.8 Å². The number of fused-ring (bicyclic) bond motifs is 1. The van der Waals surface area contributed by atoms with Crippen molar-refractivity contribution in [3.05, 3.63) is 72.1 Å². The molecule has 7 heteroatoms. The molecule has 1 aliphatic carbocycles. The molecule has 3 unspecified atom stereocenters. The average molecular weight is 428 g/mol. The summed E-state index contributed by atoms with van der Waals surface area (Å²) in [5.41, 5.74) is 2.59. The Bertz CT molecular complexity index is 1140. The summed E-state index contributed by atoms with van der Waals surface area (Å²) < 4.78 is 0. The van der Waals surface area contributed by atoms with Crippen LogP contribution >= 0.6 is 0 Å². The molecule has 0 saturated heterocycles. The first kappa shape index (κ1) is 21.4. The largest absolute Gasteiger partial charge is 0.347 e. The molecule has 4 rings (SSSR count). The van der Waals surface area contributed by atoms with Crippen LogP contribution in [0.4, 0.5) is 0 Å². The summed E-state index contributed by atoms with van der Waals surface area (Å²) in [4.78, 5) is 34.6. The molecular weight excluding hydrogens is 402 g/mol. The monoisotopic (exact) mass is 427 g/mol. The predicted molar refractivity (Wildman–Crippen MR) is 120 cm³/mol. The van der Waals surface area contributed by atoms with Crippen molar-refractivity contribution in [2.24, 2.45) is 5.92 Å². The SMILES string of the molecule is N#CC(Cc1ccccc1)NC(=O)C1CCCCC1NC(=O)c1cnc2ccccc2n1. The second-order valence-electron chi connectivity index (χ2n) is 8.09. The lowest BCUT2D eigenvalue weighted by molar-refractivity contribution is -0.127. The topological polar surface area (TPSA) is 108 Å². The highest BCUT2D eigenvalue weighted by molar-refractivity contribution is 5.94. The van der Waals surface area contributed by atoms with Gasteiger partial charge in [0.15, 0.2) is 0 Å². The lowest BCUT2D eigenvalue weighted by Gasteiger charge is -2.31. The third-order valence-electron chi connectivity index (χ3n) is 5.86. The minimum atomic E-state index is -0.616. The zero-order chi connectivity index (χ0) is 22.3. The van der Waals surface area contributed by atoms with Crippen molar-refractivity contribution < 1.29 is 9.59 Å². The van der Waals surface area contributed by atoms with E-state index in [9.17, 15) is 14.9 Å². The Balaban J connectivity index is 1.42. The van der Waals surface area contributed by atoms with Crippen LogP contribution in [0.3, 0.4) is 0 Å². The maximum Gasteiger partial charge on any atom is 0.271 e. The molecule has 7 nitrogen and oxygen atoms in total. The van der Waals surface area contributed by atoms with E-state index in [4.69, 9.17) is 0 Å². The fourth-order valence-corrected chi connectivity index (χ4v) is 4.18. The molecule has 1 aliphatic rings. The summed E-state index contributed by atoms with van der Waals surface area (Å²) in [6.07, 6.45) is 5.13. The number of carbonyl (C=O) groups is 2. The molecule has 2 N–H and O–H groups in total. The first-order valence-corrected chi connectivity index (χ1v) is 10.9. The van der Waals surface area contributed by atoms with Gasteiger partial charge in [-0.25, -0.2) is 4.98 Å². The highest BCUT2D eigenvalue weighted by atomic mass is 16.2. The van der Waals surface area contributed by atoms with Crippen molar-refractivity contribution in [2.45, 2.75) is 44.2 Å². The number of benzene rings is 2. The van der Waals surface area contributed by atoms with Gasteiger partial charge >= 0.3 is 0 Å². The molecule has 32 heavy (non-hydrogen) atoms. The second kappa shape index (κ2) is 10.0. The molecule has 2 aromatic carbocycles. The molecule has 1 aromatic heterocycles. The number of carbonyl (C=O) groups excluding carboxylic acids is 2. The highest BCUT2D eigenvalue weighted by Crippen LogP contribution is 2.25. The smallest absolute Gasteiger partial charge is 0.271 e. The Morgan fingerprint density at radius 1 is 1.03 bits per heavy atom. The minimum absolute atomic E-state index is 0.193. The Morgan fingerprint density at radius 3 is 2.53 bits per heavy atom. The van der Waals surface area contributed by atoms with Crippen LogP contribution in [0.2, 0.25) is 0 Å². The van der Waals surface area contributed by atoms with E-state index in [1.807, 2.05) is 54.6 Å². The Hall–Kier alpha value is -3.79. The van der Waals surface area contributed by atoms with E-state index in [0.717, 1.165) is 23.9 Å². The van der Waals surface area contributed by atoms with E-state index in [-0.39, 0.29) is 29.5 Å². The quantitative estimate of drug-likeness (QED) is 0.628. The Morgan fingerprint density at radius 2 is 1.75 bits per heavy atom. The van der Waals surface area contributed by atoms with Gasteiger partial charge in [0.2, 0.25) is 5.91 Å². The number of hydrogen-bond donors (Lipinski definition) is 2. The van der Waals surface area contributed by atoms with E-state index in [1.165, 1.54) is 6.20 Å². The van der Waals surface area contributed by atoms with Gasteiger partial charge in [0.1, 0.15) is 11.7 Å². The molecule has 0 radical (unpaired) electrons. The van der Waals surface area contributed by atoms with Crippen LogP contribution in [-0.4, -0.2) is 33.9 Å². The van der Waals surface area contributed by atoms with Crippen molar-refractivity contribution in [3.63, 3.8) is 0 Å². The van der Waals surface area contributed by atoms with Crippen molar-refractivity contribution in [1.82, 2.24) is 20.6 Å². The van der Waals surface area contributed by atoms with Gasteiger partial charge < -0.3 is 10.6 Å². The molecule has 2 amide bonds. The molecule has 0 bridgehead atoms. The van der Waals surface area contributed by atoms with Gasteiger partial charge in [-0.1, -0.05) is 55.3 Å². The van der Waals surface area contributed by atoms with E-state index in [2.05, 4.69) is 26.7 Å². The molecule has 0 aliphatic heterocycles. The normalized spacial score (nSPS) is 19.0. The molecule has 1 saturated carbocycles. The van der Waals surface area contributed by atoms with Gasteiger partial charge in [-0.15, -0.1) is 0 Å². The summed E-state index contributed by atoms with van der Waals surface area (Å²) in [5.74, 6) is -0.913. The highest BCUT2D eigenvalue weighted by Gasteiger charge is 2.33. The maximum atomic E-state index is 13.0. The van der Waals surface area contributed by atoms with Crippen molar-refractivity contribution >= 4 is 22.8 Å². The maximum absolute atomic E-state index is 13.0. The van der Waals surface area contributed by atoms with E-state index in [1.54, 1.807) is 0 Å². The Kier molecular flexibility index (Phi) is 6.71. The number of aromatic nitrogens is 2. The third kappa shape index (κ3) is 5.09. The molecule has 162 valence electrons. The van der Waals surface area contributed by atoms with Crippen molar-refractivity contribution in [3.8, 4) is 6.07 Å². The summed E-state index contributed by atoms with van der Waals surface area (Å²) in [7, 11) is 0. The first-order chi connectivity index (χ1) is 15.6. The van der Waals surface area contributed by atoms with Crippen LogP contribution in [0.1, 0.15) is 41.7 Å². The van der Waals surface area contributed by atoms with Gasteiger partial charge in [0.05, 0.1) is 29.2 Å². The number of nitrogens with zero attached hydrogens (tertiary/aromatic N) is 3. The van der Waals surface area contributed by atoms with Crippen LogP contribution < -0.4 is 10.6 Å². The molecule has 1 fully saturated rings. The lowest BCUT2D eigenvalue weighted by Crippen LogP contribution is -2.50. The predicted octanol–water partition coefficient (Wildman–Crippen LogP) is 3.17. The van der Waals surface area contributed by atoms with E-state index < -0.39 is 6.04 Å². The van der Waals surface area contributed by atoms with Gasteiger partial charge in [0, 0.05) is 12.5 Å². The fourth-order valence-electron chi connectivity index (χ4n) is 4.18. The Labute approximate surface area is 186 Å². The number of nitrogens with one attached hydrogen (secondary N) is 2. The summed E-state index contributed by atoms with van der Waals surface area (Å²) >= 11 is 0. The average Bonchev–Trinajstić information content (AvgIpc) is 2.84. The van der Waals surface area contributed by atoms with Crippen molar-refractivity contribution in [2.75, 3.05) is 0 Å². The zero-order valence-corrected chi connectivity index (χ0v) is 17.7. The summed E-state index contributed by atoms with van der Waals surface area (Å²) in [6, 6.07) is 18.2. The first-order valence-electron chi connectivity index (χ1n) is 10.9. The van der Waals surface area contributed by atoms with Gasteiger partial charge in [-0.2, -0.15) is 5.26 Å². The molecule has 0 spiro atoms. The standard InChI is InChI=1S/C25H25N5O2/c26-15-18(14-17-8-2-1-3-9-17)28-24(31)19-10-4-5-11-20(19)30-25(32)23-16-27-21-12-6-7-13-22(21)29-23/h1-3,6-9,12-13,16,18-20H,4-5,10-11,14H2,(H,28,31)(H,30,32). The van der Waals surface area contributed by atoms with Crippen LogP contribution in [0.5, 0.6) is 0 Å². The number of para-hydroxylation sites is 2. The number of hydrogen-bond acceptors (Lipinski definition) is 5. The number of rotatable bonds is 6. The van der Waals surface area contributed by atoms with Gasteiger partial charge in [-0.05, 0) is 30.5 Å². The summed E-state index contributed by atoms with van der Waals surface area (Å²) in [5, 5.41) is 15.4. The third-order valence-corrected chi connectivity index (χ3v) is 5.86. The van der Waals surface area contributed by atoms with Crippen LogP contribution in [0.25, 0.3) is 11.0 Å². The molecule has 3 atom stereocenters. The molecular formula is C25H25N5O2. The minimum Gasteiger partial charge on any atom is -0.347 e. The molecule has 1 heterocycles. The van der Waals surface area contributed by atoms with E-state index in [0.29, 0.717) is 24.8 Å². The zero-order valence-electron chi connectivity index (χ0n) is 17.7. The fraction of sp³-hybridized carbons (Fsp3) is 0.320. The second-order valence-corrected chi connectivity index (χ2v) is 8.09. The molecule has 3 aromatic rings. The summed E-state index contributed by atoms with van der Waals surface area (Å²) in [6.45, 7) is 0. The van der Waals surface area contributed by atoms with Gasteiger partial charge in [-0.3, -0.25) is 14.6 Å². The van der Waals surface area contributed by atoms with Crippen LogP contribution in [-0.2, 0) is 11.2 Å². The van der Waals surface area contributed by atoms with E-state index >= 15 is 0 Å². The van der Waals surface area contributed by atoms with Crippen molar-refractivity contribution in [1.29, 1.82) is 5.26 Å². The number of nitriles is 1. The van der Waals surface area contributed by atoms with Gasteiger partial charge in [0.25, 0.3) is 5.91 Å².